The van der Waals surface area contributed by atoms with Crippen molar-refractivity contribution in [3.8, 4) is 0 Å². The van der Waals surface area contributed by atoms with Crippen LogP contribution < -0.4 is 5.32 Å². The molecule has 13 heavy (non-hydrogen) atoms. The third-order valence-corrected chi connectivity index (χ3v) is 3.47. The third kappa shape index (κ3) is 8.63. The predicted molar refractivity (Wildman–Crippen MR) is 64.5 cm³/mol. The average Bonchev–Trinajstić information content (AvgIpc) is 2.01. The van der Waals surface area contributed by atoms with E-state index in [4.69, 9.17) is 0 Å². The van der Waals surface area contributed by atoms with E-state index in [1.54, 1.807) is 0 Å². The second-order valence-corrected chi connectivity index (χ2v) is 5.62. The van der Waals surface area contributed by atoms with Crippen LogP contribution in [0, 0.1) is 11.8 Å². The normalized spacial score (nSPS) is 14.1. The molecule has 0 aromatic heterocycles. The van der Waals surface area contributed by atoms with Crippen LogP contribution in [0.5, 0.6) is 0 Å². The first-order valence-electron chi connectivity index (χ1n) is 5.31. The third-order valence-electron chi connectivity index (χ3n) is 1.93. The van der Waals surface area contributed by atoms with Crippen LogP contribution in [0.4, 0.5) is 0 Å². The molecule has 1 unspecified atom stereocenters. The Morgan fingerprint density at radius 3 is 2.00 bits per heavy atom. The first-order chi connectivity index (χ1) is 6.06. The summed E-state index contributed by atoms with van der Waals surface area (Å²) < 4.78 is 0. The fourth-order valence-corrected chi connectivity index (χ4v) is 2.48. The number of hydrogen-bond donors (Lipinski definition) is 1. The molecule has 0 aliphatic rings. The Balaban J connectivity index is 3.48. The molecule has 0 bridgehead atoms. The van der Waals surface area contributed by atoms with Crippen LogP contribution in [0.1, 0.15) is 34.1 Å². The zero-order valence-electron chi connectivity index (χ0n) is 9.76. The van der Waals surface area contributed by atoms with E-state index in [-0.39, 0.29) is 0 Å². The van der Waals surface area contributed by atoms with Gasteiger partial charge in [-0.2, -0.15) is 11.8 Å². The summed E-state index contributed by atoms with van der Waals surface area (Å²) in [6, 6.07) is 0.698. The number of nitrogens with one attached hydrogen (secondary N) is 1. The molecule has 0 radical (unpaired) electrons. The van der Waals surface area contributed by atoms with E-state index >= 15 is 0 Å². The molecule has 0 spiro atoms. The largest absolute Gasteiger partial charge is 0.316 e. The molecule has 0 aromatic carbocycles. The van der Waals surface area contributed by atoms with E-state index in [2.05, 4.69) is 51.8 Å². The second kappa shape index (κ2) is 7.69. The van der Waals surface area contributed by atoms with E-state index in [1.165, 1.54) is 17.9 Å². The molecule has 1 N–H and O–H groups in total. The molecule has 80 valence electrons. The Labute approximate surface area is 88.1 Å². The van der Waals surface area contributed by atoms with Gasteiger partial charge < -0.3 is 5.32 Å². The summed E-state index contributed by atoms with van der Waals surface area (Å²) in [6.07, 6.45) is 1.29. The predicted octanol–water partition coefficient (Wildman–Crippen LogP) is 3.01. The minimum Gasteiger partial charge on any atom is -0.316 e. The van der Waals surface area contributed by atoms with Crippen LogP contribution in [0.15, 0.2) is 0 Å². The molecule has 2 heteroatoms. The second-order valence-electron chi connectivity index (χ2n) is 4.55. The molecule has 0 fully saturated rings. The molecule has 0 heterocycles. The molecule has 0 aromatic rings. The van der Waals surface area contributed by atoms with Crippen molar-refractivity contribution in [2.45, 2.75) is 40.2 Å². The summed E-state index contributed by atoms with van der Waals surface area (Å²) in [6.45, 7) is 9.14. The van der Waals surface area contributed by atoms with E-state index in [0.717, 1.165) is 11.8 Å². The van der Waals surface area contributed by atoms with E-state index in [0.29, 0.717) is 6.04 Å². The van der Waals surface area contributed by atoms with E-state index in [9.17, 15) is 0 Å². The van der Waals surface area contributed by atoms with E-state index < -0.39 is 0 Å². The Kier molecular flexibility index (Phi) is 7.87. The summed E-state index contributed by atoms with van der Waals surface area (Å²) in [4.78, 5) is 0. The minimum atomic E-state index is 0.698. The molecular weight excluding hydrogens is 178 g/mol. The topological polar surface area (TPSA) is 12.0 Å². The molecule has 0 saturated carbocycles. The van der Waals surface area contributed by atoms with Crippen molar-refractivity contribution >= 4 is 11.8 Å². The number of thioether (sulfide) groups is 1. The van der Waals surface area contributed by atoms with Crippen LogP contribution in [-0.4, -0.2) is 24.6 Å². The van der Waals surface area contributed by atoms with Gasteiger partial charge in [-0.15, -0.1) is 0 Å². The molecule has 0 rings (SSSR count). The molecular formula is C11H25NS. The monoisotopic (exact) mass is 203 g/mol. The summed E-state index contributed by atoms with van der Waals surface area (Å²) in [7, 11) is 2.07. The van der Waals surface area contributed by atoms with Crippen LogP contribution in [0.25, 0.3) is 0 Å². The Bertz CT molecular complexity index is 113. The molecule has 0 saturated heterocycles. The Morgan fingerprint density at radius 1 is 1.00 bits per heavy atom. The first-order valence-corrected chi connectivity index (χ1v) is 6.46. The van der Waals surface area contributed by atoms with Crippen molar-refractivity contribution in [2.75, 3.05) is 18.6 Å². The van der Waals surface area contributed by atoms with Crippen molar-refractivity contribution in [1.29, 1.82) is 0 Å². The molecule has 0 amide bonds. The van der Waals surface area contributed by atoms with Gasteiger partial charge >= 0.3 is 0 Å². The zero-order valence-corrected chi connectivity index (χ0v) is 10.6. The highest BCUT2D eigenvalue weighted by Gasteiger charge is 2.08. The van der Waals surface area contributed by atoms with Crippen molar-refractivity contribution in [3.63, 3.8) is 0 Å². The standard InChI is InChI=1S/C11H25NS/c1-9(2)6-11(12-5)8-13-7-10(3)4/h9-12H,6-8H2,1-5H3. The molecule has 1 atom stereocenters. The maximum atomic E-state index is 3.39. The van der Waals surface area contributed by atoms with Gasteiger partial charge in [0.15, 0.2) is 0 Å². The minimum absolute atomic E-state index is 0.698. The maximum Gasteiger partial charge on any atom is 0.0157 e. The summed E-state index contributed by atoms with van der Waals surface area (Å²) in [5.41, 5.74) is 0. The van der Waals surface area contributed by atoms with Crippen LogP contribution in [0.3, 0.4) is 0 Å². The van der Waals surface area contributed by atoms with Crippen molar-refractivity contribution < 1.29 is 0 Å². The van der Waals surface area contributed by atoms with Gasteiger partial charge in [0.05, 0.1) is 0 Å². The van der Waals surface area contributed by atoms with Gasteiger partial charge in [-0.3, -0.25) is 0 Å². The molecule has 0 aliphatic heterocycles. The lowest BCUT2D eigenvalue weighted by Gasteiger charge is -2.18. The van der Waals surface area contributed by atoms with Crippen molar-refractivity contribution in [1.82, 2.24) is 5.32 Å². The smallest absolute Gasteiger partial charge is 0.0157 e. The highest BCUT2D eigenvalue weighted by atomic mass is 32.2. The summed E-state index contributed by atoms with van der Waals surface area (Å²) in [5, 5.41) is 3.39. The Morgan fingerprint density at radius 2 is 1.62 bits per heavy atom. The van der Waals surface area contributed by atoms with Crippen LogP contribution >= 0.6 is 11.8 Å². The zero-order chi connectivity index (χ0) is 10.3. The van der Waals surface area contributed by atoms with Crippen molar-refractivity contribution in [2.24, 2.45) is 11.8 Å². The van der Waals surface area contributed by atoms with Gasteiger partial charge in [0, 0.05) is 11.8 Å². The SMILES string of the molecule is CNC(CSCC(C)C)CC(C)C. The van der Waals surface area contributed by atoms with Gasteiger partial charge in [-0.25, -0.2) is 0 Å². The highest BCUT2D eigenvalue weighted by molar-refractivity contribution is 7.99. The van der Waals surface area contributed by atoms with Gasteiger partial charge in [-0.05, 0) is 31.1 Å². The molecule has 0 aliphatic carbocycles. The summed E-state index contributed by atoms with van der Waals surface area (Å²) in [5.74, 6) is 4.17. The lowest BCUT2D eigenvalue weighted by atomic mass is 10.1. The fourth-order valence-electron chi connectivity index (χ4n) is 1.28. The van der Waals surface area contributed by atoms with Crippen LogP contribution in [0.2, 0.25) is 0 Å². The highest BCUT2D eigenvalue weighted by Crippen LogP contribution is 2.13. The van der Waals surface area contributed by atoms with E-state index in [1.807, 2.05) is 0 Å². The quantitative estimate of drug-likeness (QED) is 0.682. The van der Waals surface area contributed by atoms with Gasteiger partial charge in [0.25, 0.3) is 0 Å². The maximum absolute atomic E-state index is 3.39. The number of rotatable bonds is 7. The van der Waals surface area contributed by atoms with Crippen LogP contribution in [-0.2, 0) is 0 Å². The first kappa shape index (κ1) is 13.3. The van der Waals surface area contributed by atoms with Crippen molar-refractivity contribution in [3.05, 3.63) is 0 Å². The Hall–Kier alpha value is 0.310. The van der Waals surface area contributed by atoms with Gasteiger partial charge in [-0.1, -0.05) is 27.7 Å². The lowest BCUT2D eigenvalue weighted by molar-refractivity contribution is 0.474. The van der Waals surface area contributed by atoms with Gasteiger partial charge in [0.1, 0.15) is 0 Å². The summed E-state index contributed by atoms with van der Waals surface area (Å²) >= 11 is 2.07. The van der Waals surface area contributed by atoms with Gasteiger partial charge in [0.2, 0.25) is 0 Å². The number of hydrogen-bond acceptors (Lipinski definition) is 2. The fraction of sp³-hybridized carbons (Fsp3) is 1.00. The average molecular weight is 203 g/mol. The molecule has 1 nitrogen and oxygen atoms in total. The lowest BCUT2D eigenvalue weighted by Crippen LogP contribution is -2.29.